The van der Waals surface area contributed by atoms with Gasteiger partial charge in [0.25, 0.3) is 0 Å². The fourth-order valence-corrected chi connectivity index (χ4v) is 1.19. The summed E-state index contributed by atoms with van der Waals surface area (Å²) in [6.45, 7) is 7.89. The molecule has 0 aliphatic carbocycles. The van der Waals surface area contributed by atoms with E-state index in [2.05, 4.69) is 9.97 Å². The van der Waals surface area contributed by atoms with Gasteiger partial charge in [0.05, 0.1) is 6.42 Å². The van der Waals surface area contributed by atoms with Crippen molar-refractivity contribution in [3.63, 3.8) is 0 Å². The Bertz CT molecular complexity index is 381. The molecular formula is C11H16N2O2. The van der Waals surface area contributed by atoms with Gasteiger partial charge in [-0.1, -0.05) is 20.8 Å². The van der Waals surface area contributed by atoms with Gasteiger partial charge in [-0.05, 0) is 6.92 Å². The lowest BCUT2D eigenvalue weighted by atomic mass is 9.95. The van der Waals surface area contributed by atoms with Gasteiger partial charge in [-0.2, -0.15) is 0 Å². The summed E-state index contributed by atoms with van der Waals surface area (Å²) in [7, 11) is 0. The minimum absolute atomic E-state index is 0.0176. The Morgan fingerprint density at radius 3 is 2.47 bits per heavy atom. The summed E-state index contributed by atoms with van der Waals surface area (Å²) >= 11 is 0. The Morgan fingerprint density at radius 2 is 2.07 bits per heavy atom. The minimum Gasteiger partial charge on any atom is -0.481 e. The number of rotatable bonds is 2. The van der Waals surface area contributed by atoms with Crippen molar-refractivity contribution in [3.05, 3.63) is 23.3 Å². The second kappa shape index (κ2) is 3.96. The number of aromatic nitrogens is 2. The largest absolute Gasteiger partial charge is 0.481 e. The molecule has 0 saturated carbocycles. The van der Waals surface area contributed by atoms with E-state index >= 15 is 0 Å². The molecule has 0 spiro atoms. The van der Waals surface area contributed by atoms with Gasteiger partial charge in [0.15, 0.2) is 0 Å². The van der Waals surface area contributed by atoms with Crippen molar-refractivity contribution in [2.24, 2.45) is 0 Å². The van der Waals surface area contributed by atoms with Gasteiger partial charge >= 0.3 is 5.97 Å². The van der Waals surface area contributed by atoms with Gasteiger partial charge in [0.2, 0.25) is 0 Å². The summed E-state index contributed by atoms with van der Waals surface area (Å²) in [5.41, 5.74) is 1.32. The molecule has 1 aromatic rings. The SMILES string of the molecule is Cc1nc(C(C)(C)C)ncc1CC(=O)O. The topological polar surface area (TPSA) is 63.1 Å². The van der Waals surface area contributed by atoms with Crippen LogP contribution in [0.15, 0.2) is 6.20 Å². The molecule has 0 aliphatic heterocycles. The highest BCUT2D eigenvalue weighted by molar-refractivity contribution is 5.70. The van der Waals surface area contributed by atoms with Crippen LogP contribution in [0.2, 0.25) is 0 Å². The Balaban J connectivity index is 3.03. The molecule has 4 heteroatoms. The van der Waals surface area contributed by atoms with Gasteiger partial charge in [0, 0.05) is 22.9 Å². The van der Waals surface area contributed by atoms with Crippen LogP contribution in [0, 0.1) is 6.92 Å². The number of aliphatic carboxylic acids is 1. The zero-order valence-corrected chi connectivity index (χ0v) is 9.53. The summed E-state index contributed by atoms with van der Waals surface area (Å²) in [6.07, 6.45) is 1.59. The maximum atomic E-state index is 10.5. The predicted octanol–water partition coefficient (Wildman–Crippen LogP) is 1.71. The second-order valence-electron chi connectivity index (χ2n) is 4.62. The van der Waals surface area contributed by atoms with E-state index in [1.165, 1.54) is 0 Å². The van der Waals surface area contributed by atoms with Gasteiger partial charge < -0.3 is 5.11 Å². The molecule has 1 rings (SSSR count). The Hall–Kier alpha value is -1.45. The predicted molar refractivity (Wildman–Crippen MR) is 56.8 cm³/mol. The van der Waals surface area contributed by atoms with Crippen molar-refractivity contribution in [1.29, 1.82) is 0 Å². The zero-order valence-electron chi connectivity index (χ0n) is 9.53. The Morgan fingerprint density at radius 1 is 1.47 bits per heavy atom. The highest BCUT2D eigenvalue weighted by atomic mass is 16.4. The minimum atomic E-state index is -0.856. The highest BCUT2D eigenvalue weighted by Crippen LogP contribution is 2.18. The molecule has 1 heterocycles. The summed E-state index contributed by atoms with van der Waals surface area (Å²) in [4.78, 5) is 19.1. The highest BCUT2D eigenvalue weighted by Gasteiger charge is 2.18. The van der Waals surface area contributed by atoms with Gasteiger partial charge in [-0.25, -0.2) is 9.97 Å². The monoisotopic (exact) mass is 208 g/mol. The van der Waals surface area contributed by atoms with Crippen LogP contribution >= 0.6 is 0 Å². The van der Waals surface area contributed by atoms with Gasteiger partial charge in [-0.15, -0.1) is 0 Å². The standard InChI is InChI=1S/C11H16N2O2/c1-7-8(5-9(14)15)6-12-10(13-7)11(2,3)4/h6H,5H2,1-4H3,(H,14,15). The van der Waals surface area contributed by atoms with E-state index in [-0.39, 0.29) is 11.8 Å². The van der Waals surface area contributed by atoms with Crippen LogP contribution in [-0.2, 0) is 16.6 Å². The molecule has 82 valence electrons. The molecule has 1 N–H and O–H groups in total. The van der Waals surface area contributed by atoms with Crippen LogP contribution in [0.5, 0.6) is 0 Å². The molecule has 15 heavy (non-hydrogen) atoms. The van der Waals surface area contributed by atoms with Crippen molar-refractivity contribution in [2.75, 3.05) is 0 Å². The van der Waals surface area contributed by atoms with E-state index in [0.717, 1.165) is 11.5 Å². The fraction of sp³-hybridized carbons (Fsp3) is 0.545. The Kier molecular flexibility index (Phi) is 3.07. The molecule has 0 aliphatic rings. The third-order valence-corrected chi connectivity index (χ3v) is 2.09. The molecule has 0 atom stereocenters. The smallest absolute Gasteiger partial charge is 0.307 e. The molecular weight excluding hydrogens is 192 g/mol. The summed E-state index contributed by atoms with van der Waals surface area (Å²) in [6, 6.07) is 0. The van der Waals surface area contributed by atoms with E-state index in [0.29, 0.717) is 5.56 Å². The first-order valence-corrected chi connectivity index (χ1v) is 4.85. The van der Waals surface area contributed by atoms with Crippen LogP contribution in [0.25, 0.3) is 0 Å². The normalized spacial score (nSPS) is 11.5. The van der Waals surface area contributed by atoms with E-state index < -0.39 is 5.97 Å². The average molecular weight is 208 g/mol. The summed E-state index contributed by atoms with van der Waals surface area (Å²) in [5.74, 6) is -0.112. The molecule has 0 radical (unpaired) electrons. The number of nitrogens with zero attached hydrogens (tertiary/aromatic N) is 2. The molecule has 4 nitrogen and oxygen atoms in total. The van der Waals surface area contributed by atoms with Crippen LogP contribution in [0.1, 0.15) is 37.9 Å². The molecule has 0 fully saturated rings. The molecule has 1 aromatic heterocycles. The van der Waals surface area contributed by atoms with Crippen molar-refractivity contribution < 1.29 is 9.90 Å². The lowest BCUT2D eigenvalue weighted by Crippen LogP contribution is -2.17. The van der Waals surface area contributed by atoms with Crippen LogP contribution in [-0.4, -0.2) is 21.0 Å². The number of carboxylic acid groups (broad SMARTS) is 1. The summed E-state index contributed by atoms with van der Waals surface area (Å²) < 4.78 is 0. The number of hydrogen-bond donors (Lipinski definition) is 1. The maximum Gasteiger partial charge on any atom is 0.307 e. The molecule has 0 amide bonds. The van der Waals surface area contributed by atoms with E-state index in [1.54, 1.807) is 6.20 Å². The number of carboxylic acids is 1. The fourth-order valence-electron chi connectivity index (χ4n) is 1.19. The quantitative estimate of drug-likeness (QED) is 0.803. The third-order valence-electron chi connectivity index (χ3n) is 2.09. The van der Waals surface area contributed by atoms with E-state index in [9.17, 15) is 4.79 Å². The summed E-state index contributed by atoms with van der Waals surface area (Å²) in [5, 5.41) is 8.66. The molecule has 0 bridgehead atoms. The van der Waals surface area contributed by atoms with Crippen molar-refractivity contribution in [1.82, 2.24) is 9.97 Å². The van der Waals surface area contributed by atoms with Crippen LogP contribution < -0.4 is 0 Å². The number of aryl methyl sites for hydroxylation is 1. The molecule has 0 aromatic carbocycles. The first-order valence-electron chi connectivity index (χ1n) is 4.85. The van der Waals surface area contributed by atoms with Crippen LogP contribution in [0.3, 0.4) is 0 Å². The Labute approximate surface area is 89.4 Å². The first kappa shape index (κ1) is 11.6. The lowest BCUT2D eigenvalue weighted by molar-refractivity contribution is -0.136. The van der Waals surface area contributed by atoms with Crippen molar-refractivity contribution in [3.8, 4) is 0 Å². The lowest BCUT2D eigenvalue weighted by Gasteiger charge is -2.17. The second-order valence-corrected chi connectivity index (χ2v) is 4.62. The van der Waals surface area contributed by atoms with Crippen LogP contribution in [0.4, 0.5) is 0 Å². The van der Waals surface area contributed by atoms with Gasteiger partial charge in [-0.3, -0.25) is 4.79 Å². The molecule has 0 saturated heterocycles. The number of carbonyl (C=O) groups is 1. The van der Waals surface area contributed by atoms with E-state index in [1.807, 2.05) is 27.7 Å². The third kappa shape index (κ3) is 3.01. The van der Waals surface area contributed by atoms with Crippen molar-refractivity contribution in [2.45, 2.75) is 39.5 Å². The number of hydrogen-bond acceptors (Lipinski definition) is 3. The zero-order chi connectivity index (χ0) is 11.6. The first-order chi connectivity index (χ1) is 6.80. The average Bonchev–Trinajstić information content (AvgIpc) is 2.05. The van der Waals surface area contributed by atoms with Gasteiger partial charge in [0.1, 0.15) is 5.82 Å². The van der Waals surface area contributed by atoms with Crippen molar-refractivity contribution >= 4 is 5.97 Å². The molecule has 0 unspecified atom stereocenters. The van der Waals surface area contributed by atoms with E-state index in [4.69, 9.17) is 5.11 Å². The maximum absolute atomic E-state index is 10.5.